The zero-order valence-corrected chi connectivity index (χ0v) is 17.6. The van der Waals surface area contributed by atoms with Crippen LogP contribution in [0.15, 0.2) is 36.7 Å². The van der Waals surface area contributed by atoms with Crippen molar-refractivity contribution in [2.45, 2.75) is 6.42 Å². The molecule has 2 N–H and O–H groups in total. The fraction of sp³-hybridized carbons (Fsp3) is 0.476. The van der Waals surface area contributed by atoms with Crippen molar-refractivity contribution in [2.24, 2.45) is 0 Å². The van der Waals surface area contributed by atoms with Gasteiger partial charge in [0.1, 0.15) is 11.5 Å². The molecule has 0 atom stereocenters. The molecule has 0 spiro atoms. The van der Waals surface area contributed by atoms with E-state index in [1.54, 1.807) is 6.20 Å². The highest BCUT2D eigenvalue weighted by molar-refractivity contribution is 5.92. The van der Waals surface area contributed by atoms with Crippen molar-refractivity contribution in [1.29, 1.82) is 0 Å². The van der Waals surface area contributed by atoms with Gasteiger partial charge in [0.05, 0.1) is 12.4 Å². The Bertz CT molecular complexity index is 769. The summed E-state index contributed by atoms with van der Waals surface area (Å²) in [4.78, 5) is 27.5. The highest BCUT2D eigenvalue weighted by Gasteiger charge is 2.14. The van der Waals surface area contributed by atoms with Crippen LogP contribution < -0.4 is 15.5 Å². The Kier molecular flexibility index (Phi) is 7.37. The van der Waals surface area contributed by atoms with E-state index in [9.17, 15) is 4.79 Å². The van der Waals surface area contributed by atoms with Crippen molar-refractivity contribution in [3.63, 3.8) is 0 Å². The standard InChI is InChI=1S/C21H31N7O/c1-26(2)10-4-9-22-21(29)19-15-24-20(16-23-19)25-17-5-7-18(8-6-17)28-13-11-27(3)12-14-28/h5-8,15-16H,4,9-14H2,1-3H3,(H,22,29)(H,24,25). The summed E-state index contributed by atoms with van der Waals surface area (Å²) in [7, 11) is 6.18. The van der Waals surface area contributed by atoms with Crippen molar-refractivity contribution >= 4 is 23.1 Å². The van der Waals surface area contributed by atoms with Crippen LogP contribution in [0.4, 0.5) is 17.2 Å². The SMILES string of the molecule is CN(C)CCCNC(=O)c1cnc(Nc2ccc(N3CCN(C)CC3)cc2)cn1. The fourth-order valence-electron chi connectivity index (χ4n) is 3.17. The van der Waals surface area contributed by atoms with Crippen molar-refractivity contribution in [3.8, 4) is 0 Å². The highest BCUT2D eigenvalue weighted by Crippen LogP contribution is 2.21. The Morgan fingerprint density at radius 3 is 2.41 bits per heavy atom. The predicted octanol–water partition coefficient (Wildman–Crippen LogP) is 1.65. The van der Waals surface area contributed by atoms with Gasteiger partial charge < -0.3 is 25.3 Å². The van der Waals surface area contributed by atoms with Crippen LogP contribution in [0, 0.1) is 0 Å². The van der Waals surface area contributed by atoms with Gasteiger partial charge in [0.2, 0.25) is 0 Å². The third kappa shape index (κ3) is 6.40. The van der Waals surface area contributed by atoms with Crippen LogP contribution in [0.5, 0.6) is 0 Å². The molecular formula is C21H31N7O. The largest absolute Gasteiger partial charge is 0.369 e. The number of nitrogens with zero attached hydrogens (tertiary/aromatic N) is 5. The molecule has 29 heavy (non-hydrogen) atoms. The van der Waals surface area contributed by atoms with Crippen molar-refractivity contribution in [3.05, 3.63) is 42.4 Å². The monoisotopic (exact) mass is 397 g/mol. The predicted molar refractivity (Wildman–Crippen MR) is 117 cm³/mol. The molecule has 1 saturated heterocycles. The molecule has 0 unspecified atom stereocenters. The first-order valence-corrected chi connectivity index (χ1v) is 10.1. The van der Waals surface area contributed by atoms with E-state index in [2.05, 4.69) is 54.5 Å². The molecule has 1 aromatic heterocycles. The van der Waals surface area contributed by atoms with E-state index in [0.29, 0.717) is 18.1 Å². The van der Waals surface area contributed by atoms with E-state index in [4.69, 9.17) is 0 Å². The van der Waals surface area contributed by atoms with Gasteiger partial charge in [-0.05, 0) is 58.4 Å². The van der Waals surface area contributed by atoms with Gasteiger partial charge in [-0.2, -0.15) is 0 Å². The number of aromatic nitrogens is 2. The fourth-order valence-corrected chi connectivity index (χ4v) is 3.17. The minimum atomic E-state index is -0.195. The van der Waals surface area contributed by atoms with Gasteiger partial charge in [-0.1, -0.05) is 0 Å². The smallest absolute Gasteiger partial charge is 0.271 e. The molecule has 8 heteroatoms. The Hall–Kier alpha value is -2.71. The van der Waals surface area contributed by atoms with E-state index in [0.717, 1.165) is 44.8 Å². The summed E-state index contributed by atoms with van der Waals surface area (Å²) in [6.07, 6.45) is 3.99. The van der Waals surface area contributed by atoms with Gasteiger partial charge in [-0.15, -0.1) is 0 Å². The van der Waals surface area contributed by atoms with E-state index in [1.165, 1.54) is 11.9 Å². The summed E-state index contributed by atoms with van der Waals surface area (Å²) in [6, 6.07) is 8.33. The molecular weight excluding hydrogens is 366 g/mol. The number of anilines is 3. The highest BCUT2D eigenvalue weighted by atomic mass is 16.1. The van der Waals surface area contributed by atoms with Crippen LogP contribution in [0.25, 0.3) is 0 Å². The number of hydrogen-bond donors (Lipinski definition) is 2. The Labute approximate surface area is 172 Å². The Morgan fingerprint density at radius 1 is 1.07 bits per heavy atom. The first kappa shape index (κ1) is 21.0. The number of benzene rings is 1. The number of carbonyl (C=O) groups excluding carboxylic acids is 1. The van der Waals surface area contributed by atoms with Gasteiger partial charge in [0.25, 0.3) is 5.91 Å². The quantitative estimate of drug-likeness (QED) is 0.656. The van der Waals surface area contributed by atoms with E-state index in [1.807, 2.05) is 26.2 Å². The molecule has 3 rings (SSSR count). The zero-order valence-electron chi connectivity index (χ0n) is 17.6. The average molecular weight is 398 g/mol. The van der Waals surface area contributed by atoms with Crippen molar-refractivity contribution < 1.29 is 4.79 Å². The van der Waals surface area contributed by atoms with Gasteiger partial charge >= 0.3 is 0 Å². The average Bonchev–Trinajstić information content (AvgIpc) is 2.73. The lowest BCUT2D eigenvalue weighted by atomic mass is 10.2. The molecule has 0 radical (unpaired) electrons. The van der Waals surface area contributed by atoms with Gasteiger partial charge in [-0.3, -0.25) is 4.79 Å². The lowest BCUT2D eigenvalue weighted by Gasteiger charge is -2.34. The van der Waals surface area contributed by atoms with Gasteiger partial charge in [0.15, 0.2) is 0 Å². The van der Waals surface area contributed by atoms with E-state index in [-0.39, 0.29) is 5.91 Å². The molecule has 1 aromatic carbocycles. The second kappa shape index (κ2) is 10.2. The first-order valence-electron chi connectivity index (χ1n) is 10.1. The van der Waals surface area contributed by atoms with Crippen molar-refractivity contribution in [1.82, 2.24) is 25.1 Å². The maximum Gasteiger partial charge on any atom is 0.271 e. The molecule has 8 nitrogen and oxygen atoms in total. The topological polar surface area (TPSA) is 76.6 Å². The summed E-state index contributed by atoms with van der Waals surface area (Å²) in [5.41, 5.74) is 2.50. The molecule has 2 heterocycles. The maximum absolute atomic E-state index is 12.1. The lowest BCUT2D eigenvalue weighted by molar-refractivity contribution is 0.0947. The van der Waals surface area contributed by atoms with Crippen LogP contribution in [-0.4, -0.2) is 86.1 Å². The summed E-state index contributed by atoms with van der Waals surface area (Å²) in [6.45, 7) is 5.83. The molecule has 156 valence electrons. The van der Waals surface area contributed by atoms with Crippen LogP contribution >= 0.6 is 0 Å². The Morgan fingerprint density at radius 2 is 1.79 bits per heavy atom. The van der Waals surface area contributed by atoms with E-state index >= 15 is 0 Å². The Balaban J connectivity index is 1.49. The third-order valence-corrected chi connectivity index (χ3v) is 4.96. The molecule has 1 aliphatic rings. The van der Waals surface area contributed by atoms with Gasteiger partial charge in [-0.25, -0.2) is 9.97 Å². The van der Waals surface area contributed by atoms with Crippen molar-refractivity contribution in [2.75, 3.05) is 70.6 Å². The number of hydrogen-bond acceptors (Lipinski definition) is 7. The summed E-state index contributed by atoms with van der Waals surface area (Å²) < 4.78 is 0. The van der Waals surface area contributed by atoms with E-state index < -0.39 is 0 Å². The first-order chi connectivity index (χ1) is 14.0. The van der Waals surface area contributed by atoms with Crippen LogP contribution in [0.3, 0.4) is 0 Å². The normalized spacial score (nSPS) is 14.8. The summed E-state index contributed by atoms with van der Waals surface area (Å²) in [5, 5.41) is 6.10. The number of likely N-dealkylation sites (N-methyl/N-ethyl adjacent to an activating group) is 1. The molecule has 0 aliphatic carbocycles. The minimum absolute atomic E-state index is 0.195. The molecule has 1 fully saturated rings. The third-order valence-electron chi connectivity index (χ3n) is 4.96. The number of piperazine rings is 1. The second-order valence-electron chi connectivity index (χ2n) is 7.66. The maximum atomic E-state index is 12.1. The molecule has 0 bridgehead atoms. The number of nitrogens with one attached hydrogen (secondary N) is 2. The minimum Gasteiger partial charge on any atom is -0.369 e. The number of carbonyl (C=O) groups is 1. The molecule has 2 aromatic rings. The summed E-state index contributed by atoms with van der Waals surface area (Å²) in [5.74, 6) is 0.417. The molecule has 0 saturated carbocycles. The lowest BCUT2D eigenvalue weighted by Crippen LogP contribution is -2.44. The second-order valence-corrected chi connectivity index (χ2v) is 7.66. The zero-order chi connectivity index (χ0) is 20.6. The number of rotatable bonds is 8. The summed E-state index contributed by atoms with van der Waals surface area (Å²) >= 11 is 0. The van der Waals surface area contributed by atoms with Crippen LogP contribution in [0.1, 0.15) is 16.9 Å². The molecule has 1 aliphatic heterocycles. The number of amides is 1. The van der Waals surface area contributed by atoms with Crippen LogP contribution in [-0.2, 0) is 0 Å². The van der Waals surface area contributed by atoms with Crippen LogP contribution in [0.2, 0.25) is 0 Å². The molecule has 1 amide bonds. The van der Waals surface area contributed by atoms with Gasteiger partial charge in [0, 0.05) is 44.1 Å².